The summed E-state index contributed by atoms with van der Waals surface area (Å²) in [5.74, 6) is 1.41. The van der Waals surface area contributed by atoms with Gasteiger partial charge in [-0.1, -0.05) is 38.8 Å². The van der Waals surface area contributed by atoms with Crippen LogP contribution in [0.4, 0.5) is 0 Å². The van der Waals surface area contributed by atoms with Crippen LogP contribution >= 0.6 is 0 Å². The number of amides is 1. The van der Waals surface area contributed by atoms with Gasteiger partial charge in [-0.3, -0.25) is 9.59 Å². The summed E-state index contributed by atoms with van der Waals surface area (Å²) >= 11 is 0. The van der Waals surface area contributed by atoms with Gasteiger partial charge >= 0.3 is 5.97 Å². The van der Waals surface area contributed by atoms with Crippen molar-refractivity contribution in [2.24, 2.45) is 28.6 Å². The van der Waals surface area contributed by atoms with Crippen LogP contribution in [0.15, 0.2) is 11.6 Å². The summed E-state index contributed by atoms with van der Waals surface area (Å²) in [5.41, 5.74) is 1.86. The van der Waals surface area contributed by atoms with Gasteiger partial charge in [0.15, 0.2) is 0 Å². The smallest absolute Gasteiger partial charge is 0.325 e. The molecule has 6 unspecified atom stereocenters. The quantitative estimate of drug-likeness (QED) is 0.322. The Morgan fingerprint density at radius 1 is 1.12 bits per heavy atom. The number of ether oxygens (including phenoxy) is 2. The van der Waals surface area contributed by atoms with Crippen LogP contribution in [0.25, 0.3) is 0 Å². The Balaban J connectivity index is 1.29. The fraction of sp³-hybridized carbons (Fsp3) is 0.852. The van der Waals surface area contributed by atoms with Crippen molar-refractivity contribution in [3.63, 3.8) is 0 Å². The van der Waals surface area contributed by atoms with Gasteiger partial charge in [0.1, 0.15) is 13.2 Å². The van der Waals surface area contributed by atoms with Crippen molar-refractivity contribution in [1.82, 2.24) is 5.32 Å². The summed E-state index contributed by atoms with van der Waals surface area (Å²) in [5, 5.41) is 13.2. The first-order valence-corrected chi connectivity index (χ1v) is 13.2. The molecule has 0 spiro atoms. The number of unbranched alkanes of at least 4 members (excludes halogenated alkanes) is 1. The summed E-state index contributed by atoms with van der Waals surface area (Å²) in [6, 6.07) is 0. The van der Waals surface area contributed by atoms with Crippen LogP contribution in [0.1, 0.15) is 85.0 Å². The number of aliphatic hydroxyl groups is 1. The molecule has 6 heteroatoms. The summed E-state index contributed by atoms with van der Waals surface area (Å²) in [6.07, 6.45) is 12.8. The predicted octanol–water partition coefficient (Wildman–Crippen LogP) is 4.15. The highest BCUT2D eigenvalue weighted by atomic mass is 16.5. The lowest BCUT2D eigenvalue weighted by Crippen LogP contribution is -2.51. The molecule has 0 saturated heterocycles. The molecule has 0 aromatic heterocycles. The predicted molar refractivity (Wildman–Crippen MR) is 126 cm³/mol. The Morgan fingerprint density at radius 2 is 1.94 bits per heavy atom. The van der Waals surface area contributed by atoms with Crippen molar-refractivity contribution in [3.05, 3.63) is 11.6 Å². The van der Waals surface area contributed by atoms with E-state index in [9.17, 15) is 14.7 Å². The fourth-order valence-electron chi connectivity index (χ4n) is 7.59. The molecule has 2 N–H and O–H groups in total. The van der Waals surface area contributed by atoms with E-state index in [4.69, 9.17) is 9.47 Å². The van der Waals surface area contributed by atoms with Gasteiger partial charge in [-0.2, -0.15) is 0 Å². The molecular formula is C27H43NO5. The Hall–Kier alpha value is -1.40. The Morgan fingerprint density at radius 3 is 2.73 bits per heavy atom. The van der Waals surface area contributed by atoms with Crippen LogP contribution in [-0.4, -0.2) is 48.9 Å². The number of allylic oxidation sites excluding steroid dienone is 1. The van der Waals surface area contributed by atoms with Gasteiger partial charge in [0, 0.05) is 0 Å². The van der Waals surface area contributed by atoms with Crippen LogP contribution in [0.3, 0.4) is 0 Å². The first kappa shape index (κ1) is 24.7. The summed E-state index contributed by atoms with van der Waals surface area (Å²) < 4.78 is 11.0. The topological polar surface area (TPSA) is 84.9 Å². The third-order valence-electron chi connectivity index (χ3n) is 9.64. The number of rotatable bonds is 8. The minimum Gasteiger partial charge on any atom is -0.464 e. The number of carbonyl (C=O) groups is 2. The lowest BCUT2D eigenvalue weighted by molar-refractivity contribution is -0.144. The number of hydrogen-bond donors (Lipinski definition) is 2. The molecule has 1 amide bonds. The van der Waals surface area contributed by atoms with E-state index in [-0.39, 0.29) is 42.1 Å². The van der Waals surface area contributed by atoms with Gasteiger partial charge in [0.2, 0.25) is 5.91 Å². The van der Waals surface area contributed by atoms with E-state index in [1.165, 1.54) is 24.8 Å². The third kappa shape index (κ3) is 4.88. The van der Waals surface area contributed by atoms with Crippen molar-refractivity contribution in [2.75, 3.05) is 19.8 Å². The second kappa shape index (κ2) is 10.1. The Kier molecular flexibility index (Phi) is 7.54. The average Bonchev–Trinajstić information content (AvgIpc) is 3.11. The molecule has 186 valence electrons. The first-order valence-electron chi connectivity index (χ1n) is 13.2. The number of nitrogens with one attached hydrogen (secondary N) is 1. The van der Waals surface area contributed by atoms with Crippen molar-refractivity contribution < 1.29 is 24.2 Å². The monoisotopic (exact) mass is 461 g/mol. The Bertz CT molecular complexity index is 766. The minimum atomic E-state index is -0.400. The van der Waals surface area contributed by atoms with Gasteiger partial charge in [0.25, 0.3) is 0 Å². The van der Waals surface area contributed by atoms with Crippen LogP contribution < -0.4 is 5.32 Å². The standard InChI is InChI=1S/C27H43NO5/c1-4-5-14-32-25(31)16-28-24(30)17-33-19-10-12-26(2)18(15-19)6-7-20-21-8-9-23(29)27(21,3)13-11-22(20)26/h15,19-23,29H,4-14,16-17H2,1-3H3,(H,28,30)/t19-,20?,21?,22?,23?,26?,27?/m1/s1. The average molecular weight is 462 g/mol. The summed E-state index contributed by atoms with van der Waals surface area (Å²) in [4.78, 5) is 23.8. The molecule has 33 heavy (non-hydrogen) atoms. The lowest BCUT2D eigenvalue weighted by atomic mass is 9.47. The maximum atomic E-state index is 12.1. The molecule has 3 saturated carbocycles. The maximum Gasteiger partial charge on any atom is 0.325 e. The highest BCUT2D eigenvalue weighted by molar-refractivity contribution is 5.82. The van der Waals surface area contributed by atoms with E-state index in [0.29, 0.717) is 18.4 Å². The van der Waals surface area contributed by atoms with Crippen LogP contribution in [0.5, 0.6) is 0 Å². The van der Waals surface area contributed by atoms with Gasteiger partial charge in [-0.15, -0.1) is 0 Å². The lowest BCUT2D eigenvalue weighted by Gasteiger charge is -2.58. The van der Waals surface area contributed by atoms with Gasteiger partial charge < -0.3 is 19.9 Å². The summed E-state index contributed by atoms with van der Waals surface area (Å²) in [7, 11) is 0. The number of esters is 1. The van der Waals surface area contributed by atoms with E-state index in [2.05, 4.69) is 25.2 Å². The van der Waals surface area contributed by atoms with E-state index < -0.39 is 5.97 Å². The second-order valence-corrected chi connectivity index (χ2v) is 11.4. The molecule has 4 rings (SSSR count). The van der Waals surface area contributed by atoms with Crippen molar-refractivity contribution >= 4 is 11.9 Å². The molecule has 0 bridgehead atoms. The normalized spacial score (nSPS) is 39.6. The van der Waals surface area contributed by atoms with Crippen molar-refractivity contribution in [1.29, 1.82) is 0 Å². The molecule has 0 radical (unpaired) electrons. The summed E-state index contributed by atoms with van der Waals surface area (Å²) in [6.45, 7) is 7.09. The molecular weight excluding hydrogens is 418 g/mol. The zero-order chi connectivity index (χ0) is 23.6. The molecule has 3 fully saturated rings. The number of aliphatic hydroxyl groups excluding tert-OH is 1. The zero-order valence-electron chi connectivity index (χ0n) is 20.7. The van der Waals surface area contributed by atoms with Crippen molar-refractivity contribution in [3.8, 4) is 0 Å². The molecule has 0 heterocycles. The fourth-order valence-corrected chi connectivity index (χ4v) is 7.59. The molecule has 0 aromatic carbocycles. The van der Waals surface area contributed by atoms with E-state index in [1.54, 1.807) is 0 Å². The number of carbonyl (C=O) groups excluding carboxylic acids is 2. The number of fused-ring (bicyclic) bond motifs is 5. The molecule has 4 aliphatic rings. The largest absolute Gasteiger partial charge is 0.464 e. The minimum absolute atomic E-state index is 0.0300. The second-order valence-electron chi connectivity index (χ2n) is 11.4. The van der Waals surface area contributed by atoms with Gasteiger partial charge in [-0.25, -0.2) is 0 Å². The molecule has 0 aromatic rings. The molecule has 4 aliphatic carbocycles. The molecule has 7 atom stereocenters. The van der Waals surface area contributed by atoms with E-state index >= 15 is 0 Å². The highest BCUT2D eigenvalue weighted by Crippen LogP contribution is 2.65. The van der Waals surface area contributed by atoms with Crippen LogP contribution in [-0.2, 0) is 19.1 Å². The Labute approximate surface area is 198 Å². The maximum absolute atomic E-state index is 12.1. The molecule has 0 aliphatic heterocycles. The van der Waals surface area contributed by atoms with Crippen LogP contribution in [0.2, 0.25) is 0 Å². The van der Waals surface area contributed by atoms with Crippen molar-refractivity contribution in [2.45, 2.75) is 97.2 Å². The highest BCUT2D eigenvalue weighted by Gasteiger charge is 2.58. The van der Waals surface area contributed by atoms with E-state index in [0.717, 1.165) is 50.9 Å². The SMILES string of the molecule is CCCCOC(=O)CNC(=O)CO[C@H]1C=C2CCC3C(CCC4(C)C(O)CCC34)C2(C)CC1. The van der Waals surface area contributed by atoms with E-state index in [1.807, 2.05) is 6.92 Å². The zero-order valence-corrected chi connectivity index (χ0v) is 20.7. The third-order valence-corrected chi connectivity index (χ3v) is 9.64. The van der Waals surface area contributed by atoms with Gasteiger partial charge in [-0.05, 0) is 86.4 Å². The van der Waals surface area contributed by atoms with Gasteiger partial charge in [0.05, 0.1) is 18.8 Å². The van der Waals surface area contributed by atoms with Crippen LogP contribution in [0, 0.1) is 28.6 Å². The molecule has 6 nitrogen and oxygen atoms in total. The first-order chi connectivity index (χ1) is 15.8. The number of hydrogen-bond acceptors (Lipinski definition) is 5.